The van der Waals surface area contributed by atoms with Gasteiger partial charge in [0.25, 0.3) is 0 Å². The average Bonchev–Trinajstić information content (AvgIpc) is 2.61. The van der Waals surface area contributed by atoms with Crippen LogP contribution >= 0.6 is 0 Å². The first-order valence-electron chi connectivity index (χ1n) is 9.16. The molecule has 1 unspecified atom stereocenters. The second kappa shape index (κ2) is 9.47. The maximum atomic E-state index is 12.5. The zero-order valence-electron chi connectivity index (χ0n) is 15.1. The summed E-state index contributed by atoms with van der Waals surface area (Å²) in [4.78, 5) is 12.5. The Kier molecular flexibility index (Phi) is 7.31. The lowest BCUT2D eigenvalue weighted by molar-refractivity contribution is 0.253. The lowest BCUT2D eigenvalue weighted by Crippen LogP contribution is -2.13. The second-order valence-corrected chi connectivity index (χ2v) is 6.31. The first-order valence-corrected chi connectivity index (χ1v) is 9.16. The van der Waals surface area contributed by atoms with E-state index < -0.39 is 5.63 Å². The smallest absolute Gasteiger partial charge is 0.343 e. The van der Waals surface area contributed by atoms with Crippen molar-refractivity contribution < 1.29 is 19.4 Å². The number of aliphatic hydroxyl groups excluding tert-OH is 1. The van der Waals surface area contributed by atoms with Crippen molar-refractivity contribution in [3.63, 3.8) is 0 Å². The number of rotatable bonds is 10. The van der Waals surface area contributed by atoms with E-state index in [0.717, 1.165) is 25.7 Å². The molecule has 5 nitrogen and oxygen atoms in total. The van der Waals surface area contributed by atoms with Crippen molar-refractivity contribution >= 4 is 11.0 Å². The Balaban J connectivity index is 2.40. The van der Waals surface area contributed by atoms with E-state index in [0.29, 0.717) is 36.1 Å². The molecule has 0 fully saturated rings. The highest BCUT2D eigenvalue weighted by atomic mass is 16.5. The summed E-state index contributed by atoms with van der Waals surface area (Å²) in [5.74, 6) is 0.445. The third kappa shape index (κ3) is 4.54. The van der Waals surface area contributed by atoms with Gasteiger partial charge in [0.2, 0.25) is 0 Å². The molecule has 138 valence electrons. The molecule has 0 radical (unpaired) electrons. The largest absolute Gasteiger partial charge is 0.507 e. The van der Waals surface area contributed by atoms with Crippen molar-refractivity contribution in [2.75, 3.05) is 13.2 Å². The zero-order chi connectivity index (χ0) is 18.2. The number of ether oxygens (including phenoxy) is 1. The molecule has 0 amide bonds. The average molecular weight is 348 g/mol. The van der Waals surface area contributed by atoms with Crippen LogP contribution in [-0.2, 0) is 0 Å². The number of hydrogen-bond acceptors (Lipinski definition) is 5. The molecule has 0 bridgehead atoms. The van der Waals surface area contributed by atoms with E-state index in [4.69, 9.17) is 14.3 Å². The summed E-state index contributed by atoms with van der Waals surface area (Å²) >= 11 is 0. The number of benzene rings is 1. The molecule has 1 atom stereocenters. The minimum atomic E-state index is -0.487. The standard InChI is InChI=1S/C20H28O5/c1-3-5-9-14(4-2)17-18(22)15-10-8-11-16(19(15)25-20(17)23)24-13-7-6-12-21/h8,10-11,14,21-22H,3-7,9,12-13H2,1-2H3. The van der Waals surface area contributed by atoms with Crippen LogP contribution in [0.15, 0.2) is 27.4 Å². The molecule has 1 aromatic heterocycles. The fourth-order valence-corrected chi connectivity index (χ4v) is 3.07. The van der Waals surface area contributed by atoms with Gasteiger partial charge in [-0.2, -0.15) is 0 Å². The van der Waals surface area contributed by atoms with Gasteiger partial charge in [0.05, 0.1) is 17.6 Å². The van der Waals surface area contributed by atoms with Gasteiger partial charge < -0.3 is 19.4 Å². The lowest BCUT2D eigenvalue weighted by Gasteiger charge is -2.16. The minimum Gasteiger partial charge on any atom is -0.507 e. The van der Waals surface area contributed by atoms with Crippen LogP contribution in [-0.4, -0.2) is 23.4 Å². The van der Waals surface area contributed by atoms with Crippen LogP contribution in [0.5, 0.6) is 11.5 Å². The van der Waals surface area contributed by atoms with E-state index in [2.05, 4.69) is 6.92 Å². The molecule has 0 saturated heterocycles. The van der Waals surface area contributed by atoms with Gasteiger partial charge in [-0.25, -0.2) is 4.79 Å². The van der Waals surface area contributed by atoms with Crippen molar-refractivity contribution in [1.82, 2.24) is 0 Å². The van der Waals surface area contributed by atoms with Gasteiger partial charge in [-0.05, 0) is 43.7 Å². The molecule has 1 aromatic carbocycles. The van der Waals surface area contributed by atoms with E-state index in [9.17, 15) is 9.90 Å². The molecule has 2 N–H and O–H groups in total. The molecule has 2 aromatic rings. The van der Waals surface area contributed by atoms with Crippen LogP contribution in [0.1, 0.15) is 63.9 Å². The highest BCUT2D eigenvalue weighted by Crippen LogP contribution is 2.37. The molecule has 0 spiro atoms. The van der Waals surface area contributed by atoms with Crippen molar-refractivity contribution in [3.8, 4) is 11.5 Å². The number of hydrogen-bond donors (Lipinski definition) is 2. The normalized spacial score (nSPS) is 12.4. The fraction of sp³-hybridized carbons (Fsp3) is 0.550. The number of aliphatic hydroxyl groups is 1. The Labute approximate surface area is 148 Å². The van der Waals surface area contributed by atoms with Gasteiger partial charge in [0, 0.05) is 6.61 Å². The van der Waals surface area contributed by atoms with Crippen LogP contribution in [0.2, 0.25) is 0 Å². The molecule has 5 heteroatoms. The molecule has 0 aliphatic carbocycles. The highest BCUT2D eigenvalue weighted by Gasteiger charge is 2.22. The predicted octanol–water partition coefficient (Wildman–Crippen LogP) is 4.33. The lowest BCUT2D eigenvalue weighted by atomic mass is 9.91. The summed E-state index contributed by atoms with van der Waals surface area (Å²) in [7, 11) is 0. The topological polar surface area (TPSA) is 79.9 Å². The SMILES string of the molecule is CCCCC(CC)c1c(O)c2cccc(OCCCCO)c2oc1=O. The summed E-state index contributed by atoms with van der Waals surface area (Å²) in [6.07, 6.45) is 5.04. The molecule has 1 heterocycles. The van der Waals surface area contributed by atoms with Gasteiger partial charge in [0.15, 0.2) is 11.3 Å². The predicted molar refractivity (Wildman–Crippen MR) is 98.5 cm³/mol. The number of unbranched alkanes of at least 4 members (excludes halogenated alkanes) is 2. The van der Waals surface area contributed by atoms with Gasteiger partial charge in [-0.1, -0.05) is 32.8 Å². The van der Waals surface area contributed by atoms with E-state index >= 15 is 0 Å². The van der Waals surface area contributed by atoms with Gasteiger partial charge in [-0.15, -0.1) is 0 Å². The van der Waals surface area contributed by atoms with E-state index in [1.165, 1.54) is 0 Å². The molecule has 0 aliphatic rings. The van der Waals surface area contributed by atoms with Gasteiger partial charge in [-0.3, -0.25) is 0 Å². The van der Waals surface area contributed by atoms with E-state index in [-0.39, 0.29) is 23.9 Å². The number of para-hydroxylation sites is 1. The summed E-state index contributed by atoms with van der Waals surface area (Å²) in [6.45, 7) is 4.66. The summed E-state index contributed by atoms with van der Waals surface area (Å²) < 4.78 is 11.2. The summed E-state index contributed by atoms with van der Waals surface area (Å²) in [5.41, 5.74) is 0.170. The van der Waals surface area contributed by atoms with E-state index in [1.807, 2.05) is 6.92 Å². The molecule has 2 rings (SSSR count). The zero-order valence-corrected chi connectivity index (χ0v) is 15.1. The van der Waals surface area contributed by atoms with Crippen molar-refractivity contribution in [2.45, 2.75) is 58.3 Å². The summed E-state index contributed by atoms with van der Waals surface area (Å²) in [5, 5.41) is 20.0. The van der Waals surface area contributed by atoms with Crippen molar-refractivity contribution in [1.29, 1.82) is 0 Å². The van der Waals surface area contributed by atoms with Crippen LogP contribution < -0.4 is 10.4 Å². The fourth-order valence-electron chi connectivity index (χ4n) is 3.07. The third-order valence-corrected chi connectivity index (χ3v) is 4.52. The van der Waals surface area contributed by atoms with E-state index in [1.54, 1.807) is 18.2 Å². The Morgan fingerprint density at radius 3 is 2.68 bits per heavy atom. The quantitative estimate of drug-likeness (QED) is 0.493. The first-order chi connectivity index (χ1) is 12.1. The molecule has 0 aliphatic heterocycles. The first kappa shape index (κ1) is 19.3. The Bertz CT molecular complexity index is 735. The monoisotopic (exact) mass is 348 g/mol. The minimum absolute atomic E-state index is 0.00488. The van der Waals surface area contributed by atoms with Gasteiger partial charge in [0.1, 0.15) is 5.75 Å². The van der Waals surface area contributed by atoms with Crippen molar-refractivity contribution in [2.24, 2.45) is 0 Å². The number of fused-ring (bicyclic) bond motifs is 1. The van der Waals surface area contributed by atoms with Crippen LogP contribution in [0.4, 0.5) is 0 Å². The molecular weight excluding hydrogens is 320 g/mol. The summed E-state index contributed by atoms with van der Waals surface area (Å²) in [6, 6.07) is 5.24. The molecule has 0 saturated carbocycles. The maximum Gasteiger partial charge on any atom is 0.343 e. The third-order valence-electron chi connectivity index (χ3n) is 4.52. The Hall–Kier alpha value is -2.01. The van der Waals surface area contributed by atoms with Crippen LogP contribution in [0, 0.1) is 0 Å². The second-order valence-electron chi connectivity index (χ2n) is 6.31. The maximum absolute atomic E-state index is 12.5. The Morgan fingerprint density at radius 1 is 1.20 bits per heavy atom. The molecule has 25 heavy (non-hydrogen) atoms. The van der Waals surface area contributed by atoms with Crippen LogP contribution in [0.3, 0.4) is 0 Å². The van der Waals surface area contributed by atoms with Crippen LogP contribution in [0.25, 0.3) is 11.0 Å². The van der Waals surface area contributed by atoms with Crippen molar-refractivity contribution in [3.05, 3.63) is 34.2 Å². The Morgan fingerprint density at radius 2 is 2.00 bits per heavy atom. The van der Waals surface area contributed by atoms with Gasteiger partial charge >= 0.3 is 5.63 Å². The molecular formula is C20H28O5. The highest BCUT2D eigenvalue weighted by molar-refractivity contribution is 5.88. The number of aromatic hydroxyl groups is 1.